The zero-order chi connectivity index (χ0) is 8.81. The molecule has 72 valence electrons. The summed E-state index contributed by atoms with van der Waals surface area (Å²) in [4.78, 5) is 2.42. The first-order valence-electron chi connectivity index (χ1n) is 5.25. The minimum atomic E-state index is 0.760. The van der Waals surface area contributed by atoms with Crippen LogP contribution in [0.1, 0.15) is 32.6 Å². The quantitative estimate of drug-likeness (QED) is 0.643. The second kappa shape index (κ2) is 5.55. The average molecular weight is 170 g/mol. The summed E-state index contributed by atoms with van der Waals surface area (Å²) in [6, 6.07) is 0.760. The van der Waals surface area contributed by atoms with Gasteiger partial charge in [-0.05, 0) is 39.4 Å². The Bertz CT molecular complexity index is 114. The molecule has 0 radical (unpaired) electrons. The molecule has 0 spiro atoms. The van der Waals surface area contributed by atoms with Gasteiger partial charge in [0.15, 0.2) is 0 Å². The standard InChI is InChI=1S/C10H22N2/c1-3-4-7-11-10-6-5-8-12(2)9-10/h10-11H,3-9H2,1-2H3. The van der Waals surface area contributed by atoms with E-state index >= 15 is 0 Å². The summed E-state index contributed by atoms with van der Waals surface area (Å²) in [6.07, 6.45) is 5.35. The molecule has 1 aliphatic heterocycles. The highest BCUT2D eigenvalue weighted by Gasteiger charge is 2.15. The van der Waals surface area contributed by atoms with E-state index in [4.69, 9.17) is 0 Å². The van der Waals surface area contributed by atoms with Crippen molar-refractivity contribution in [2.75, 3.05) is 26.7 Å². The molecule has 0 aromatic rings. The monoisotopic (exact) mass is 170 g/mol. The minimum Gasteiger partial charge on any atom is -0.313 e. The van der Waals surface area contributed by atoms with Gasteiger partial charge < -0.3 is 10.2 Å². The van der Waals surface area contributed by atoms with Crippen molar-refractivity contribution >= 4 is 0 Å². The highest BCUT2D eigenvalue weighted by atomic mass is 15.1. The van der Waals surface area contributed by atoms with Gasteiger partial charge in [0.2, 0.25) is 0 Å². The van der Waals surface area contributed by atoms with E-state index in [1.165, 1.54) is 45.3 Å². The molecule has 0 aromatic heterocycles. The van der Waals surface area contributed by atoms with E-state index < -0.39 is 0 Å². The van der Waals surface area contributed by atoms with Gasteiger partial charge in [-0.2, -0.15) is 0 Å². The SMILES string of the molecule is CCCCNC1CCCN(C)C1. The molecule has 0 saturated carbocycles. The number of hydrogen-bond acceptors (Lipinski definition) is 2. The Hall–Kier alpha value is -0.0800. The van der Waals surface area contributed by atoms with Crippen molar-refractivity contribution < 1.29 is 0 Å². The summed E-state index contributed by atoms with van der Waals surface area (Å²) in [5.41, 5.74) is 0. The van der Waals surface area contributed by atoms with Gasteiger partial charge in [0.05, 0.1) is 0 Å². The molecule has 1 rings (SSSR count). The number of likely N-dealkylation sites (N-methyl/N-ethyl adjacent to an activating group) is 1. The lowest BCUT2D eigenvalue weighted by atomic mass is 10.1. The van der Waals surface area contributed by atoms with Crippen LogP contribution in [0, 0.1) is 0 Å². The van der Waals surface area contributed by atoms with E-state index in [1.807, 2.05) is 0 Å². The van der Waals surface area contributed by atoms with Crippen molar-refractivity contribution in [3.8, 4) is 0 Å². The molecule has 1 atom stereocenters. The summed E-state index contributed by atoms with van der Waals surface area (Å²) in [6.45, 7) is 5.97. The number of unbranched alkanes of at least 4 members (excludes halogenated alkanes) is 1. The molecular formula is C10H22N2. The highest BCUT2D eigenvalue weighted by Crippen LogP contribution is 2.07. The lowest BCUT2D eigenvalue weighted by Crippen LogP contribution is -2.44. The van der Waals surface area contributed by atoms with Crippen LogP contribution >= 0.6 is 0 Å². The summed E-state index contributed by atoms with van der Waals surface area (Å²) >= 11 is 0. The Labute approximate surface area is 76.3 Å². The summed E-state index contributed by atoms with van der Waals surface area (Å²) < 4.78 is 0. The summed E-state index contributed by atoms with van der Waals surface area (Å²) in [7, 11) is 2.22. The van der Waals surface area contributed by atoms with Gasteiger partial charge in [0.25, 0.3) is 0 Å². The van der Waals surface area contributed by atoms with Crippen molar-refractivity contribution in [2.45, 2.75) is 38.6 Å². The molecule has 1 fully saturated rings. The molecular weight excluding hydrogens is 148 g/mol. The predicted octanol–water partition coefficient (Wildman–Crippen LogP) is 1.47. The second-order valence-electron chi connectivity index (χ2n) is 3.91. The molecule has 0 aliphatic carbocycles. The van der Waals surface area contributed by atoms with E-state index in [0.717, 1.165) is 6.04 Å². The first-order chi connectivity index (χ1) is 5.83. The normalized spacial score (nSPS) is 26.0. The largest absolute Gasteiger partial charge is 0.313 e. The fraction of sp³-hybridized carbons (Fsp3) is 1.00. The Morgan fingerprint density at radius 3 is 3.00 bits per heavy atom. The maximum absolute atomic E-state index is 3.61. The van der Waals surface area contributed by atoms with E-state index in [-0.39, 0.29) is 0 Å². The van der Waals surface area contributed by atoms with Crippen LogP contribution in [0.25, 0.3) is 0 Å². The molecule has 1 unspecified atom stereocenters. The van der Waals surface area contributed by atoms with Crippen LogP contribution in [0.4, 0.5) is 0 Å². The predicted molar refractivity (Wildman–Crippen MR) is 53.4 cm³/mol. The van der Waals surface area contributed by atoms with Gasteiger partial charge >= 0.3 is 0 Å². The van der Waals surface area contributed by atoms with Gasteiger partial charge in [-0.25, -0.2) is 0 Å². The maximum atomic E-state index is 3.61. The van der Waals surface area contributed by atoms with Crippen LogP contribution < -0.4 is 5.32 Å². The average Bonchev–Trinajstić information content (AvgIpc) is 2.05. The van der Waals surface area contributed by atoms with E-state index in [0.29, 0.717) is 0 Å². The van der Waals surface area contributed by atoms with Gasteiger partial charge in [-0.3, -0.25) is 0 Å². The fourth-order valence-corrected chi connectivity index (χ4v) is 1.82. The molecule has 0 aromatic carbocycles. The van der Waals surface area contributed by atoms with Gasteiger partial charge in [-0.15, -0.1) is 0 Å². The van der Waals surface area contributed by atoms with Crippen LogP contribution in [0.2, 0.25) is 0 Å². The van der Waals surface area contributed by atoms with Crippen molar-refractivity contribution in [1.82, 2.24) is 10.2 Å². The number of likely N-dealkylation sites (tertiary alicyclic amines) is 1. The minimum absolute atomic E-state index is 0.760. The van der Waals surface area contributed by atoms with Gasteiger partial charge in [-0.1, -0.05) is 13.3 Å². The Morgan fingerprint density at radius 2 is 2.33 bits per heavy atom. The number of nitrogens with zero attached hydrogens (tertiary/aromatic N) is 1. The third-order valence-corrected chi connectivity index (χ3v) is 2.59. The number of nitrogens with one attached hydrogen (secondary N) is 1. The lowest BCUT2D eigenvalue weighted by Gasteiger charge is -2.30. The van der Waals surface area contributed by atoms with Crippen molar-refractivity contribution in [3.63, 3.8) is 0 Å². The fourth-order valence-electron chi connectivity index (χ4n) is 1.82. The van der Waals surface area contributed by atoms with Gasteiger partial charge in [0, 0.05) is 12.6 Å². The van der Waals surface area contributed by atoms with E-state index in [2.05, 4.69) is 24.2 Å². The van der Waals surface area contributed by atoms with Crippen LogP contribution in [-0.2, 0) is 0 Å². The van der Waals surface area contributed by atoms with Crippen LogP contribution in [-0.4, -0.2) is 37.6 Å². The Kier molecular flexibility index (Phi) is 4.62. The van der Waals surface area contributed by atoms with E-state index in [1.54, 1.807) is 0 Å². The molecule has 2 heteroatoms. The smallest absolute Gasteiger partial charge is 0.0195 e. The number of rotatable bonds is 4. The zero-order valence-corrected chi connectivity index (χ0v) is 8.47. The number of piperidine rings is 1. The van der Waals surface area contributed by atoms with Crippen LogP contribution in [0.3, 0.4) is 0 Å². The van der Waals surface area contributed by atoms with E-state index in [9.17, 15) is 0 Å². The zero-order valence-electron chi connectivity index (χ0n) is 8.47. The molecule has 1 saturated heterocycles. The molecule has 12 heavy (non-hydrogen) atoms. The van der Waals surface area contributed by atoms with Crippen molar-refractivity contribution in [1.29, 1.82) is 0 Å². The van der Waals surface area contributed by atoms with Crippen LogP contribution in [0.5, 0.6) is 0 Å². The summed E-state index contributed by atoms with van der Waals surface area (Å²) in [5.74, 6) is 0. The Morgan fingerprint density at radius 1 is 1.50 bits per heavy atom. The Balaban J connectivity index is 2.06. The van der Waals surface area contributed by atoms with Crippen molar-refractivity contribution in [2.24, 2.45) is 0 Å². The van der Waals surface area contributed by atoms with Crippen LogP contribution in [0.15, 0.2) is 0 Å². The molecule has 1 heterocycles. The topological polar surface area (TPSA) is 15.3 Å². The third kappa shape index (κ3) is 3.55. The third-order valence-electron chi connectivity index (χ3n) is 2.59. The lowest BCUT2D eigenvalue weighted by molar-refractivity contribution is 0.227. The molecule has 1 N–H and O–H groups in total. The first-order valence-corrected chi connectivity index (χ1v) is 5.25. The highest BCUT2D eigenvalue weighted by molar-refractivity contribution is 4.75. The number of hydrogen-bond donors (Lipinski definition) is 1. The molecule has 0 amide bonds. The molecule has 1 aliphatic rings. The van der Waals surface area contributed by atoms with Crippen molar-refractivity contribution in [3.05, 3.63) is 0 Å². The molecule has 2 nitrogen and oxygen atoms in total. The first kappa shape index (κ1) is 10.0. The maximum Gasteiger partial charge on any atom is 0.0195 e. The molecule has 0 bridgehead atoms. The second-order valence-corrected chi connectivity index (χ2v) is 3.91. The van der Waals surface area contributed by atoms with Gasteiger partial charge in [0.1, 0.15) is 0 Å². The summed E-state index contributed by atoms with van der Waals surface area (Å²) in [5, 5.41) is 3.61.